The molecule has 3 aromatic rings. The van der Waals surface area contributed by atoms with Crippen LogP contribution < -0.4 is 29.1 Å². The lowest BCUT2D eigenvalue weighted by Crippen LogP contribution is -2.40. The predicted octanol–water partition coefficient (Wildman–Crippen LogP) is 4.18. The van der Waals surface area contributed by atoms with Crippen LogP contribution in [0.5, 0.6) is 17.2 Å². The highest BCUT2D eigenvalue weighted by Gasteiger charge is 2.35. The first-order valence-corrected chi connectivity index (χ1v) is 12.9. The van der Waals surface area contributed by atoms with Crippen molar-refractivity contribution >= 4 is 39.3 Å². The van der Waals surface area contributed by atoms with E-state index in [0.717, 1.165) is 11.3 Å². The Morgan fingerprint density at radius 1 is 1.18 bits per heavy atom. The number of aromatic nitrogens is 1. The van der Waals surface area contributed by atoms with Crippen molar-refractivity contribution in [2.45, 2.75) is 26.5 Å². The van der Waals surface area contributed by atoms with E-state index >= 15 is 0 Å². The van der Waals surface area contributed by atoms with E-state index in [0.29, 0.717) is 42.1 Å². The molecule has 12 heteroatoms. The molecule has 4 rings (SSSR count). The maximum atomic E-state index is 13.7. The summed E-state index contributed by atoms with van der Waals surface area (Å²) in [7, 11) is 3.00. The van der Waals surface area contributed by atoms with E-state index < -0.39 is 18.6 Å². The van der Waals surface area contributed by atoms with E-state index in [1.54, 1.807) is 44.2 Å². The van der Waals surface area contributed by atoms with Gasteiger partial charge in [-0.25, -0.2) is 9.79 Å². The topological polar surface area (TPSA) is 88.4 Å². The molecule has 0 saturated carbocycles. The summed E-state index contributed by atoms with van der Waals surface area (Å²) < 4.78 is 47.9. The quantitative estimate of drug-likeness (QED) is 0.357. The number of thiazole rings is 1. The van der Waals surface area contributed by atoms with Gasteiger partial charge in [0, 0.05) is 4.47 Å². The molecule has 2 heterocycles. The van der Waals surface area contributed by atoms with Gasteiger partial charge in [-0.1, -0.05) is 39.4 Å². The lowest BCUT2D eigenvalue weighted by Gasteiger charge is -2.26. The third kappa shape index (κ3) is 5.37. The molecule has 0 amide bonds. The number of allylic oxidation sites excluding steroid dienone is 1. The minimum atomic E-state index is -2.93. The molecule has 38 heavy (non-hydrogen) atoms. The second-order valence-electron chi connectivity index (χ2n) is 7.98. The van der Waals surface area contributed by atoms with Crippen molar-refractivity contribution < 1.29 is 32.5 Å². The zero-order chi connectivity index (χ0) is 27.6. The number of carbonyl (C=O) groups excluding carboxylic acids is 1. The molecule has 0 saturated heterocycles. The molecule has 0 fully saturated rings. The van der Waals surface area contributed by atoms with Crippen LogP contribution in [0.15, 0.2) is 61.9 Å². The normalized spacial score (nSPS) is 15.3. The maximum Gasteiger partial charge on any atom is 0.387 e. The fourth-order valence-corrected chi connectivity index (χ4v) is 5.65. The minimum Gasteiger partial charge on any atom is -0.493 e. The third-order valence-electron chi connectivity index (χ3n) is 5.72. The van der Waals surface area contributed by atoms with Crippen molar-refractivity contribution in [3.8, 4) is 17.2 Å². The fourth-order valence-electron chi connectivity index (χ4n) is 4.06. The second-order valence-corrected chi connectivity index (χ2v) is 9.84. The van der Waals surface area contributed by atoms with Gasteiger partial charge in [-0.05, 0) is 55.3 Å². The van der Waals surface area contributed by atoms with E-state index in [4.69, 9.17) is 14.2 Å². The Hall–Kier alpha value is -3.51. The molecule has 0 unspecified atom stereocenters. The van der Waals surface area contributed by atoms with Gasteiger partial charge in [-0.15, -0.1) is 0 Å². The highest BCUT2D eigenvalue weighted by Crippen LogP contribution is 2.40. The molecule has 200 valence electrons. The fraction of sp³-hybridized carbons (Fsp3) is 0.269. The van der Waals surface area contributed by atoms with Gasteiger partial charge in [0.1, 0.15) is 5.75 Å². The standard InChI is InChI=1S/C26H23BrF2N2O6S/c1-5-36-24(33)21-13(2)30-26-31(22(21)16-11-18(34-3)19(35-4)12-17(16)27)23(32)20(38-26)10-14-6-8-15(9-7-14)37-25(28)29/h6-12,22,25H,5H2,1-4H3/b20-10+/t22-/m0/s1. The summed E-state index contributed by atoms with van der Waals surface area (Å²) in [6, 6.07) is 8.43. The SMILES string of the molecule is CCOC(=O)C1=C(C)N=c2s/c(=C/c3ccc(OC(F)F)cc3)c(=O)n2[C@H]1c1cc(OC)c(OC)cc1Br. The zero-order valence-corrected chi connectivity index (χ0v) is 23.2. The molecule has 2 aromatic carbocycles. The van der Waals surface area contributed by atoms with Crippen molar-refractivity contribution in [1.82, 2.24) is 4.57 Å². The van der Waals surface area contributed by atoms with Crippen molar-refractivity contribution in [2.24, 2.45) is 4.99 Å². The molecule has 1 aromatic heterocycles. The minimum absolute atomic E-state index is 0.00613. The summed E-state index contributed by atoms with van der Waals surface area (Å²) in [6.07, 6.45) is 1.63. The van der Waals surface area contributed by atoms with Crippen LogP contribution in [0.25, 0.3) is 6.08 Å². The first-order valence-electron chi connectivity index (χ1n) is 11.3. The molecule has 0 bridgehead atoms. The van der Waals surface area contributed by atoms with Crippen LogP contribution in [0.3, 0.4) is 0 Å². The summed E-state index contributed by atoms with van der Waals surface area (Å²) in [6.45, 7) is 0.595. The summed E-state index contributed by atoms with van der Waals surface area (Å²) in [5.74, 6) is 0.293. The van der Waals surface area contributed by atoms with Gasteiger partial charge < -0.3 is 18.9 Å². The van der Waals surface area contributed by atoms with E-state index in [1.807, 2.05) is 0 Å². The number of benzene rings is 2. The summed E-state index contributed by atoms with van der Waals surface area (Å²) >= 11 is 4.70. The van der Waals surface area contributed by atoms with Gasteiger partial charge in [-0.3, -0.25) is 9.36 Å². The highest BCUT2D eigenvalue weighted by atomic mass is 79.9. The number of rotatable bonds is 8. The average Bonchev–Trinajstić information content (AvgIpc) is 3.18. The first kappa shape index (κ1) is 27.5. The summed E-state index contributed by atoms with van der Waals surface area (Å²) in [5, 5.41) is 0. The van der Waals surface area contributed by atoms with Crippen LogP contribution in [-0.4, -0.2) is 38.0 Å². The number of hydrogen-bond acceptors (Lipinski definition) is 8. The number of fused-ring (bicyclic) bond motifs is 1. The van der Waals surface area contributed by atoms with E-state index in [9.17, 15) is 18.4 Å². The molecule has 1 atom stereocenters. The number of esters is 1. The Morgan fingerprint density at radius 2 is 1.84 bits per heavy atom. The van der Waals surface area contributed by atoms with Crippen molar-refractivity contribution in [3.05, 3.63) is 83.0 Å². The number of hydrogen-bond donors (Lipinski definition) is 0. The number of methoxy groups -OCH3 is 2. The molecule has 0 radical (unpaired) electrons. The summed E-state index contributed by atoms with van der Waals surface area (Å²) in [5.41, 5.74) is 1.41. The van der Waals surface area contributed by atoms with Crippen LogP contribution >= 0.6 is 27.3 Å². The van der Waals surface area contributed by atoms with Crippen LogP contribution in [0.4, 0.5) is 8.78 Å². The van der Waals surface area contributed by atoms with Crippen LogP contribution in [0.1, 0.15) is 31.0 Å². The molecule has 0 aliphatic carbocycles. The number of alkyl halides is 2. The van der Waals surface area contributed by atoms with Crippen molar-refractivity contribution in [1.29, 1.82) is 0 Å². The number of halogens is 3. The van der Waals surface area contributed by atoms with E-state index in [2.05, 4.69) is 25.7 Å². The second kappa shape index (κ2) is 11.5. The molecular formula is C26H23BrF2N2O6S. The van der Waals surface area contributed by atoms with Crippen LogP contribution in [-0.2, 0) is 9.53 Å². The van der Waals surface area contributed by atoms with Gasteiger partial charge in [0.25, 0.3) is 5.56 Å². The molecule has 0 spiro atoms. The Morgan fingerprint density at radius 3 is 2.45 bits per heavy atom. The van der Waals surface area contributed by atoms with Gasteiger partial charge in [-0.2, -0.15) is 8.78 Å². The Balaban J connectivity index is 1.92. The average molecular weight is 609 g/mol. The van der Waals surface area contributed by atoms with E-state index in [-0.39, 0.29) is 23.5 Å². The number of carbonyl (C=O) groups is 1. The molecule has 0 N–H and O–H groups in total. The van der Waals surface area contributed by atoms with Crippen molar-refractivity contribution in [2.75, 3.05) is 20.8 Å². The molecular weight excluding hydrogens is 586 g/mol. The third-order valence-corrected chi connectivity index (χ3v) is 7.39. The van der Waals surface area contributed by atoms with Gasteiger partial charge >= 0.3 is 12.6 Å². The Bertz CT molecular complexity index is 1580. The summed E-state index contributed by atoms with van der Waals surface area (Å²) in [4.78, 5) is 31.8. The molecule has 1 aliphatic rings. The first-order chi connectivity index (χ1) is 18.2. The van der Waals surface area contributed by atoms with Crippen LogP contribution in [0.2, 0.25) is 0 Å². The molecule has 1 aliphatic heterocycles. The highest BCUT2D eigenvalue weighted by molar-refractivity contribution is 9.10. The monoisotopic (exact) mass is 608 g/mol. The van der Waals surface area contributed by atoms with Gasteiger partial charge in [0.05, 0.1) is 42.7 Å². The Kier molecular flexibility index (Phi) is 8.32. The van der Waals surface area contributed by atoms with Crippen LogP contribution in [0, 0.1) is 0 Å². The predicted molar refractivity (Wildman–Crippen MR) is 141 cm³/mol. The van der Waals surface area contributed by atoms with Crippen molar-refractivity contribution in [3.63, 3.8) is 0 Å². The molecule has 8 nitrogen and oxygen atoms in total. The van der Waals surface area contributed by atoms with Gasteiger partial charge in [0.15, 0.2) is 16.3 Å². The lowest BCUT2D eigenvalue weighted by atomic mass is 9.95. The number of nitrogens with zero attached hydrogens (tertiary/aromatic N) is 2. The zero-order valence-electron chi connectivity index (χ0n) is 20.8. The van der Waals surface area contributed by atoms with Gasteiger partial charge in [0.2, 0.25) is 0 Å². The smallest absolute Gasteiger partial charge is 0.387 e. The Labute approximate surface area is 228 Å². The largest absolute Gasteiger partial charge is 0.493 e. The lowest BCUT2D eigenvalue weighted by molar-refractivity contribution is -0.139. The number of ether oxygens (including phenoxy) is 4. The van der Waals surface area contributed by atoms with E-state index in [1.165, 1.54) is 30.9 Å². The maximum absolute atomic E-state index is 13.7.